The molecule has 0 amide bonds. The third kappa shape index (κ3) is 2.12. The molecule has 1 aromatic carbocycles. The molecule has 0 heterocycles. The van der Waals surface area contributed by atoms with Crippen molar-refractivity contribution in [2.75, 3.05) is 0 Å². The van der Waals surface area contributed by atoms with E-state index >= 15 is 0 Å². The summed E-state index contributed by atoms with van der Waals surface area (Å²) in [6.45, 7) is 3.41. The number of hydrogen-bond acceptors (Lipinski definition) is 2. The number of nitriles is 1. The van der Waals surface area contributed by atoms with Crippen LogP contribution >= 0.6 is 11.6 Å². The quantitative estimate of drug-likeness (QED) is 0.700. The molecule has 14 heavy (non-hydrogen) atoms. The monoisotopic (exact) mass is 207 g/mol. The lowest BCUT2D eigenvalue weighted by molar-refractivity contribution is 0.0956. The standard InChI is InChI=1S/C11H10ClNO/c1-7-3-4-9(12)5-10(7)11(14)8(2)6-13/h3-5,8H,1-2H3. The fourth-order valence-corrected chi connectivity index (χ4v) is 1.32. The van der Waals surface area contributed by atoms with Gasteiger partial charge in [-0.25, -0.2) is 0 Å². The van der Waals surface area contributed by atoms with Crippen molar-refractivity contribution < 1.29 is 4.79 Å². The van der Waals surface area contributed by atoms with Gasteiger partial charge >= 0.3 is 0 Å². The number of carbonyl (C=O) groups is 1. The molecule has 0 saturated carbocycles. The number of carbonyl (C=O) groups excluding carboxylic acids is 1. The summed E-state index contributed by atoms with van der Waals surface area (Å²) in [5, 5.41) is 9.14. The molecule has 0 radical (unpaired) electrons. The van der Waals surface area contributed by atoms with Crippen LogP contribution in [-0.2, 0) is 0 Å². The minimum Gasteiger partial charge on any atom is -0.293 e. The second-order valence-corrected chi connectivity index (χ2v) is 3.61. The molecule has 72 valence electrons. The maximum absolute atomic E-state index is 11.7. The van der Waals surface area contributed by atoms with Crippen molar-refractivity contribution >= 4 is 17.4 Å². The molecule has 1 unspecified atom stereocenters. The summed E-state index contributed by atoms with van der Waals surface area (Å²) in [4.78, 5) is 11.7. The molecule has 0 aromatic heterocycles. The molecule has 2 nitrogen and oxygen atoms in total. The van der Waals surface area contributed by atoms with Crippen LogP contribution in [0.1, 0.15) is 22.8 Å². The van der Waals surface area contributed by atoms with E-state index in [1.54, 1.807) is 25.1 Å². The van der Waals surface area contributed by atoms with E-state index in [2.05, 4.69) is 0 Å². The molecule has 0 bridgehead atoms. The van der Waals surface area contributed by atoms with E-state index < -0.39 is 5.92 Å². The summed E-state index contributed by atoms with van der Waals surface area (Å²) in [7, 11) is 0. The third-order valence-corrected chi connectivity index (χ3v) is 2.29. The fourth-order valence-electron chi connectivity index (χ4n) is 1.15. The number of Topliss-reactive ketones (excluding diaryl/α,β-unsaturated/α-hetero) is 1. The van der Waals surface area contributed by atoms with Crippen LogP contribution in [0.25, 0.3) is 0 Å². The van der Waals surface area contributed by atoms with Gasteiger partial charge in [-0.15, -0.1) is 0 Å². The van der Waals surface area contributed by atoms with Gasteiger partial charge in [-0.05, 0) is 31.5 Å². The van der Waals surface area contributed by atoms with Crippen LogP contribution in [-0.4, -0.2) is 5.78 Å². The van der Waals surface area contributed by atoms with Crippen molar-refractivity contribution in [3.05, 3.63) is 34.3 Å². The van der Waals surface area contributed by atoms with Gasteiger partial charge < -0.3 is 0 Å². The zero-order valence-corrected chi connectivity index (χ0v) is 8.80. The summed E-state index contributed by atoms with van der Waals surface area (Å²) < 4.78 is 0. The largest absolute Gasteiger partial charge is 0.293 e. The molecule has 1 atom stereocenters. The minimum atomic E-state index is -0.618. The molecule has 1 aromatic rings. The number of nitrogens with zero attached hydrogens (tertiary/aromatic N) is 1. The van der Waals surface area contributed by atoms with E-state index in [9.17, 15) is 4.79 Å². The molecule has 0 fully saturated rings. The number of halogens is 1. The Morgan fingerprint density at radius 2 is 2.21 bits per heavy atom. The van der Waals surface area contributed by atoms with Crippen molar-refractivity contribution in [1.82, 2.24) is 0 Å². The highest BCUT2D eigenvalue weighted by Gasteiger charge is 2.16. The normalized spacial score (nSPS) is 11.9. The van der Waals surface area contributed by atoms with Gasteiger partial charge in [-0.2, -0.15) is 5.26 Å². The third-order valence-electron chi connectivity index (χ3n) is 2.05. The van der Waals surface area contributed by atoms with E-state index in [0.29, 0.717) is 10.6 Å². The van der Waals surface area contributed by atoms with Crippen LogP contribution in [0.4, 0.5) is 0 Å². The van der Waals surface area contributed by atoms with Crippen molar-refractivity contribution in [2.45, 2.75) is 13.8 Å². The van der Waals surface area contributed by atoms with Gasteiger partial charge in [0.1, 0.15) is 5.92 Å². The average molecular weight is 208 g/mol. The molecule has 0 saturated heterocycles. The Morgan fingerprint density at radius 1 is 1.57 bits per heavy atom. The molecule has 0 aliphatic rings. The first kappa shape index (κ1) is 10.7. The molecular weight excluding hydrogens is 198 g/mol. The Balaban J connectivity index is 3.14. The summed E-state index contributed by atoms with van der Waals surface area (Å²) in [6, 6.07) is 7.03. The van der Waals surface area contributed by atoms with E-state index in [1.165, 1.54) is 0 Å². The molecule has 0 aliphatic carbocycles. The van der Waals surface area contributed by atoms with Gasteiger partial charge in [0.2, 0.25) is 0 Å². The maximum Gasteiger partial charge on any atom is 0.180 e. The highest BCUT2D eigenvalue weighted by molar-refractivity contribution is 6.31. The van der Waals surface area contributed by atoms with Crippen molar-refractivity contribution in [1.29, 1.82) is 5.26 Å². The summed E-state index contributed by atoms with van der Waals surface area (Å²) in [6.07, 6.45) is 0. The maximum atomic E-state index is 11.7. The van der Waals surface area contributed by atoms with E-state index in [-0.39, 0.29) is 5.78 Å². The van der Waals surface area contributed by atoms with E-state index in [1.807, 2.05) is 13.0 Å². The van der Waals surface area contributed by atoms with E-state index in [0.717, 1.165) is 5.56 Å². The minimum absolute atomic E-state index is 0.174. The van der Waals surface area contributed by atoms with Gasteiger partial charge in [-0.3, -0.25) is 4.79 Å². The Bertz CT molecular complexity index is 406. The Morgan fingerprint density at radius 3 is 2.79 bits per heavy atom. The predicted molar refractivity (Wildman–Crippen MR) is 55.3 cm³/mol. The lowest BCUT2D eigenvalue weighted by Crippen LogP contribution is -2.10. The second kappa shape index (κ2) is 4.26. The smallest absolute Gasteiger partial charge is 0.180 e. The van der Waals surface area contributed by atoms with Crippen molar-refractivity contribution in [3.8, 4) is 6.07 Å². The topological polar surface area (TPSA) is 40.9 Å². The summed E-state index contributed by atoms with van der Waals surface area (Å²) >= 11 is 5.77. The van der Waals surface area contributed by atoms with Crippen LogP contribution < -0.4 is 0 Å². The zero-order chi connectivity index (χ0) is 10.7. The van der Waals surface area contributed by atoms with Crippen molar-refractivity contribution in [3.63, 3.8) is 0 Å². The summed E-state index contributed by atoms with van der Waals surface area (Å²) in [5.41, 5.74) is 1.38. The van der Waals surface area contributed by atoms with Gasteiger partial charge in [-0.1, -0.05) is 17.7 Å². The van der Waals surface area contributed by atoms with Crippen LogP contribution in [0.2, 0.25) is 5.02 Å². The molecule has 3 heteroatoms. The first-order valence-electron chi connectivity index (χ1n) is 4.26. The lowest BCUT2D eigenvalue weighted by Gasteiger charge is -2.06. The molecule has 0 aliphatic heterocycles. The molecule has 0 spiro atoms. The number of ketones is 1. The predicted octanol–water partition coefficient (Wildman–Crippen LogP) is 2.99. The fraction of sp³-hybridized carbons (Fsp3) is 0.273. The van der Waals surface area contributed by atoms with Gasteiger partial charge in [0.15, 0.2) is 5.78 Å². The SMILES string of the molecule is Cc1ccc(Cl)cc1C(=O)C(C)C#N. The van der Waals surface area contributed by atoms with Crippen LogP contribution in [0.5, 0.6) is 0 Å². The Kier molecular flexibility index (Phi) is 3.27. The first-order valence-corrected chi connectivity index (χ1v) is 4.64. The Labute approximate surface area is 88.1 Å². The van der Waals surface area contributed by atoms with Gasteiger partial charge in [0.05, 0.1) is 6.07 Å². The molecule has 1 rings (SSSR count). The molecule has 0 N–H and O–H groups in total. The van der Waals surface area contributed by atoms with Gasteiger partial charge in [0.25, 0.3) is 0 Å². The lowest BCUT2D eigenvalue weighted by atomic mass is 9.97. The summed E-state index contributed by atoms with van der Waals surface area (Å²) in [5.74, 6) is -0.792. The Hall–Kier alpha value is -1.33. The number of aryl methyl sites for hydroxylation is 1. The second-order valence-electron chi connectivity index (χ2n) is 3.17. The highest BCUT2D eigenvalue weighted by Crippen LogP contribution is 2.18. The average Bonchev–Trinajstić information content (AvgIpc) is 2.19. The zero-order valence-electron chi connectivity index (χ0n) is 8.04. The number of hydrogen-bond donors (Lipinski definition) is 0. The molecular formula is C11H10ClNO. The van der Waals surface area contributed by atoms with Crippen LogP contribution in [0.3, 0.4) is 0 Å². The highest BCUT2D eigenvalue weighted by atomic mass is 35.5. The number of rotatable bonds is 2. The first-order chi connectivity index (χ1) is 6.56. The van der Waals surface area contributed by atoms with Gasteiger partial charge in [0, 0.05) is 10.6 Å². The van der Waals surface area contributed by atoms with E-state index in [4.69, 9.17) is 16.9 Å². The van der Waals surface area contributed by atoms with Crippen LogP contribution in [0.15, 0.2) is 18.2 Å². The number of benzene rings is 1. The van der Waals surface area contributed by atoms with Crippen LogP contribution in [0, 0.1) is 24.2 Å². The van der Waals surface area contributed by atoms with Crippen molar-refractivity contribution in [2.24, 2.45) is 5.92 Å².